The number of halogens is 1. The third-order valence-electron chi connectivity index (χ3n) is 5.05. The molecule has 1 fully saturated rings. The summed E-state index contributed by atoms with van der Waals surface area (Å²) in [7, 11) is 1.59. The van der Waals surface area contributed by atoms with Gasteiger partial charge in [0.2, 0.25) is 12.3 Å². The Labute approximate surface area is 179 Å². The number of rotatable bonds is 5. The average Bonchev–Trinajstić information content (AvgIpc) is 3.09. The van der Waals surface area contributed by atoms with Gasteiger partial charge in [-0.25, -0.2) is 4.39 Å². The molecule has 31 heavy (non-hydrogen) atoms. The van der Waals surface area contributed by atoms with Crippen LogP contribution in [0.2, 0.25) is 0 Å². The van der Waals surface area contributed by atoms with Crippen LogP contribution in [0.3, 0.4) is 0 Å². The molecule has 2 atom stereocenters. The van der Waals surface area contributed by atoms with E-state index in [9.17, 15) is 14.0 Å². The summed E-state index contributed by atoms with van der Waals surface area (Å²) < 4.78 is 20.2. The number of nitrogens with one attached hydrogen (secondary N) is 2. The van der Waals surface area contributed by atoms with Gasteiger partial charge in [-0.05, 0) is 42.5 Å². The first-order valence-corrected chi connectivity index (χ1v) is 9.74. The maximum absolute atomic E-state index is 13.2. The smallest absolute Gasteiger partial charge is 0.304 e. The highest BCUT2D eigenvalue weighted by Gasteiger charge is 2.47. The second-order valence-corrected chi connectivity index (χ2v) is 7.10. The minimum atomic E-state index is -0.846. The zero-order valence-electron chi connectivity index (χ0n) is 16.8. The van der Waals surface area contributed by atoms with Crippen LogP contribution >= 0.6 is 0 Å². The van der Waals surface area contributed by atoms with Gasteiger partial charge in [-0.1, -0.05) is 36.4 Å². The second-order valence-electron chi connectivity index (χ2n) is 7.10. The van der Waals surface area contributed by atoms with Gasteiger partial charge >= 0.3 is 5.91 Å². The molecule has 0 aliphatic carbocycles. The van der Waals surface area contributed by atoms with E-state index < -0.39 is 23.8 Å². The Balaban J connectivity index is 1.68. The number of hydrogen-bond donors (Lipinski definition) is 2. The molecule has 1 aliphatic heterocycles. The van der Waals surface area contributed by atoms with Gasteiger partial charge in [0.15, 0.2) is 6.04 Å². The van der Waals surface area contributed by atoms with Gasteiger partial charge in [-0.15, -0.1) is 10.1 Å². The van der Waals surface area contributed by atoms with Crippen LogP contribution in [0.1, 0.15) is 27.5 Å². The molecule has 1 aliphatic rings. The molecule has 3 aromatic carbocycles. The van der Waals surface area contributed by atoms with Crippen LogP contribution in [0.25, 0.3) is 0 Å². The van der Waals surface area contributed by atoms with E-state index in [1.807, 2.05) is 54.6 Å². The summed E-state index contributed by atoms with van der Waals surface area (Å²) in [5.41, 5.74) is 4.78. The van der Waals surface area contributed by atoms with Crippen LogP contribution in [0.15, 0.2) is 78.9 Å². The topological polar surface area (TPSA) is 70.4 Å². The number of carbonyl (C=O) groups is 2. The Bertz CT molecular complexity index is 1130. The van der Waals surface area contributed by atoms with Crippen molar-refractivity contribution in [2.45, 2.75) is 12.1 Å². The largest absolute Gasteiger partial charge is 0.497 e. The predicted octanol–water partition coefficient (Wildman–Crippen LogP) is 2.85. The third-order valence-corrected chi connectivity index (χ3v) is 5.05. The fourth-order valence-electron chi connectivity index (χ4n) is 3.54. The van der Waals surface area contributed by atoms with Gasteiger partial charge in [0, 0.05) is 16.7 Å². The summed E-state index contributed by atoms with van der Waals surface area (Å²) in [6.07, 6.45) is 1.79. The fraction of sp³-hybridized carbons (Fsp3) is 0.125. The van der Waals surface area contributed by atoms with Crippen molar-refractivity contribution in [3.63, 3.8) is 0 Å². The molecule has 0 aromatic heterocycles. The summed E-state index contributed by atoms with van der Waals surface area (Å²) in [5, 5.41) is 2.79. The molecule has 1 heterocycles. The van der Waals surface area contributed by atoms with Crippen LogP contribution in [-0.4, -0.2) is 35.9 Å². The number of hydrazone groups is 1. The van der Waals surface area contributed by atoms with Crippen LogP contribution in [0, 0.1) is 5.82 Å². The highest BCUT2D eigenvalue weighted by Crippen LogP contribution is 2.25. The zero-order valence-corrected chi connectivity index (χ0v) is 16.8. The summed E-state index contributed by atoms with van der Waals surface area (Å²) >= 11 is 0. The lowest BCUT2D eigenvalue weighted by atomic mass is 10.00. The molecular weight excluding hydrogens is 397 g/mol. The number of benzene rings is 3. The maximum atomic E-state index is 13.2. The molecule has 1 saturated heterocycles. The molecule has 0 bridgehead atoms. The molecule has 6 nitrogen and oxygen atoms in total. The van der Waals surface area contributed by atoms with Gasteiger partial charge < -0.3 is 10.1 Å². The highest BCUT2D eigenvalue weighted by molar-refractivity contribution is 5.98. The minimum absolute atomic E-state index is 0.274. The molecule has 0 spiro atoms. The summed E-state index contributed by atoms with van der Waals surface area (Å²) in [6.45, 7) is 0. The van der Waals surface area contributed by atoms with Crippen LogP contribution < -0.4 is 15.5 Å². The lowest BCUT2D eigenvalue weighted by molar-refractivity contribution is -0.596. The van der Waals surface area contributed by atoms with Gasteiger partial charge in [-0.3, -0.25) is 9.59 Å². The quantitative estimate of drug-likeness (QED) is 0.626. The van der Waals surface area contributed by atoms with E-state index in [0.717, 1.165) is 11.1 Å². The van der Waals surface area contributed by atoms with Gasteiger partial charge in [0.1, 0.15) is 11.6 Å². The predicted molar refractivity (Wildman–Crippen MR) is 113 cm³/mol. The van der Waals surface area contributed by atoms with Crippen molar-refractivity contribution in [3.05, 3.63) is 101 Å². The van der Waals surface area contributed by atoms with Crippen molar-refractivity contribution in [1.29, 1.82) is 0 Å². The molecule has 0 saturated carbocycles. The van der Waals surface area contributed by atoms with Crippen LogP contribution in [0.5, 0.6) is 5.75 Å². The monoisotopic (exact) mass is 418 g/mol. The third kappa shape index (κ3) is 4.45. The fourth-order valence-corrected chi connectivity index (χ4v) is 3.54. The van der Waals surface area contributed by atoms with Crippen molar-refractivity contribution < 1.29 is 23.4 Å². The number of carbonyl (C=O) groups excluding carboxylic acids is 2. The minimum Gasteiger partial charge on any atom is -0.497 e. The normalized spacial score (nSPS) is 19.2. The lowest BCUT2D eigenvalue weighted by Crippen LogP contribution is -2.42. The van der Waals surface area contributed by atoms with Crippen molar-refractivity contribution in [2.75, 3.05) is 7.11 Å². The Morgan fingerprint density at radius 3 is 2.52 bits per heavy atom. The number of ether oxygens (including phenoxy) is 1. The SMILES string of the molecule is COc1cccc(/C=[N+]2\NC(=O)[C@@H](NC(=O)c3ccc(F)cc3)[C@@H]2c2ccccc2)c1. The molecule has 3 aromatic rings. The first-order valence-electron chi connectivity index (χ1n) is 9.74. The second kappa shape index (κ2) is 8.79. The first kappa shape index (κ1) is 20.3. The molecular formula is C24H21FN3O3+. The Hall–Kier alpha value is -4.00. The Morgan fingerprint density at radius 2 is 1.81 bits per heavy atom. The molecule has 0 unspecified atom stereocenters. The van der Waals surface area contributed by atoms with Gasteiger partial charge in [-0.2, -0.15) is 0 Å². The number of methoxy groups -OCH3 is 1. The van der Waals surface area contributed by atoms with E-state index in [0.29, 0.717) is 5.75 Å². The van der Waals surface area contributed by atoms with E-state index >= 15 is 0 Å². The molecule has 2 amide bonds. The average molecular weight is 418 g/mol. The highest BCUT2D eigenvalue weighted by atomic mass is 19.1. The molecule has 4 rings (SSSR count). The van der Waals surface area contributed by atoms with Crippen molar-refractivity contribution in [1.82, 2.24) is 10.7 Å². The standard InChI is InChI=1S/C24H20FN3O3/c1-31-20-9-5-6-16(14-20)15-28-22(17-7-3-2-4-8-17)21(24(30)27-28)26-23(29)18-10-12-19(25)13-11-18/h2-15,21-22H,1H3,(H-,26,27,29,30)/p+1/b28-15-/t21-,22-/m0/s1. The first-order chi connectivity index (χ1) is 15.0. The maximum Gasteiger partial charge on any atom is 0.304 e. The number of hydrogen-bond acceptors (Lipinski definition) is 3. The van der Waals surface area contributed by atoms with Crippen molar-refractivity contribution in [3.8, 4) is 5.75 Å². The Morgan fingerprint density at radius 1 is 1.06 bits per heavy atom. The number of amides is 2. The van der Waals surface area contributed by atoms with Crippen LogP contribution in [-0.2, 0) is 4.79 Å². The van der Waals surface area contributed by atoms with Crippen LogP contribution in [0.4, 0.5) is 4.39 Å². The molecule has 7 heteroatoms. The van der Waals surface area contributed by atoms with Gasteiger partial charge in [0.05, 0.1) is 7.11 Å². The van der Waals surface area contributed by atoms with E-state index in [-0.39, 0.29) is 11.5 Å². The molecule has 2 N–H and O–H groups in total. The van der Waals surface area contributed by atoms with Crippen molar-refractivity contribution in [2.24, 2.45) is 0 Å². The number of nitrogens with zero attached hydrogens (tertiary/aromatic N) is 1. The number of hydrazine groups is 1. The van der Waals surface area contributed by atoms with E-state index in [1.54, 1.807) is 18.0 Å². The summed E-state index contributed by atoms with van der Waals surface area (Å²) in [5.74, 6) is -0.541. The zero-order chi connectivity index (χ0) is 21.8. The van der Waals surface area contributed by atoms with E-state index in [1.165, 1.54) is 24.3 Å². The van der Waals surface area contributed by atoms with E-state index in [4.69, 9.17) is 4.74 Å². The summed E-state index contributed by atoms with van der Waals surface area (Å²) in [4.78, 5) is 25.6. The van der Waals surface area contributed by atoms with E-state index in [2.05, 4.69) is 10.7 Å². The van der Waals surface area contributed by atoms with Gasteiger partial charge in [0.25, 0.3) is 5.91 Å². The Kier molecular flexibility index (Phi) is 5.75. The van der Waals surface area contributed by atoms with Crippen molar-refractivity contribution >= 4 is 18.0 Å². The lowest BCUT2D eigenvalue weighted by Gasteiger charge is -2.14. The molecule has 0 radical (unpaired) electrons. The molecule has 156 valence electrons. The summed E-state index contributed by atoms with van der Waals surface area (Å²) in [6, 6.07) is 20.7.